The Bertz CT molecular complexity index is 496. The molecule has 1 unspecified atom stereocenters. The van der Waals surface area contributed by atoms with Crippen molar-refractivity contribution in [1.29, 1.82) is 0 Å². The van der Waals surface area contributed by atoms with E-state index in [1.165, 1.54) is 0 Å². The average molecular weight is 227 g/mol. The van der Waals surface area contributed by atoms with Crippen molar-refractivity contribution in [3.05, 3.63) is 53.3 Å². The van der Waals surface area contributed by atoms with Crippen molar-refractivity contribution < 1.29 is 9.15 Å². The summed E-state index contributed by atoms with van der Waals surface area (Å²) in [5.74, 6) is 1.22. The van der Waals surface area contributed by atoms with Crippen LogP contribution in [0.1, 0.15) is 22.9 Å². The van der Waals surface area contributed by atoms with E-state index in [0.717, 1.165) is 16.9 Å². The molecule has 1 heterocycles. The highest BCUT2D eigenvalue weighted by Crippen LogP contribution is 2.28. The van der Waals surface area contributed by atoms with Crippen LogP contribution in [0.5, 0.6) is 5.95 Å². The third-order valence-electron chi connectivity index (χ3n) is 2.75. The molecule has 2 radical (unpaired) electrons. The lowest BCUT2D eigenvalue weighted by Gasteiger charge is -2.16. The molecule has 0 saturated carbocycles. The third kappa shape index (κ3) is 2.37. The van der Waals surface area contributed by atoms with Crippen molar-refractivity contribution in [3.63, 3.8) is 0 Å². The third-order valence-corrected chi connectivity index (χ3v) is 2.75. The van der Waals surface area contributed by atoms with Crippen LogP contribution < -0.4 is 9.96 Å². The molecular weight excluding hydrogens is 213 g/mol. The number of ether oxygens (including phenoxy) is 1. The summed E-state index contributed by atoms with van der Waals surface area (Å²) in [6, 6.07) is 11.5. The first-order valence-electron chi connectivity index (χ1n) is 5.41. The molecule has 2 aromatic rings. The molecular formula is C13H14BNO2. The Kier molecular flexibility index (Phi) is 3.54. The zero-order valence-electron chi connectivity index (χ0n) is 9.94. The van der Waals surface area contributed by atoms with E-state index in [1.807, 2.05) is 37.3 Å². The first kappa shape index (κ1) is 11.8. The molecule has 2 rings (SSSR count). The van der Waals surface area contributed by atoms with Gasteiger partial charge in [0.15, 0.2) is 7.98 Å². The molecule has 4 heteroatoms. The van der Waals surface area contributed by atoms with Gasteiger partial charge in [0, 0.05) is 6.07 Å². The van der Waals surface area contributed by atoms with E-state index in [4.69, 9.17) is 17.1 Å². The van der Waals surface area contributed by atoms with Crippen LogP contribution >= 0.6 is 0 Å². The van der Waals surface area contributed by atoms with Crippen LogP contribution in [0.2, 0.25) is 0 Å². The van der Waals surface area contributed by atoms with Gasteiger partial charge in [0.1, 0.15) is 5.76 Å². The van der Waals surface area contributed by atoms with Gasteiger partial charge in [0.25, 0.3) is 5.95 Å². The van der Waals surface area contributed by atoms with Gasteiger partial charge in [-0.05, 0) is 24.1 Å². The predicted molar refractivity (Wildman–Crippen MR) is 67.2 cm³/mol. The quantitative estimate of drug-likeness (QED) is 0.814. The summed E-state index contributed by atoms with van der Waals surface area (Å²) in [7, 11) is 7.18. The van der Waals surface area contributed by atoms with Gasteiger partial charge in [-0.1, -0.05) is 24.3 Å². The Morgan fingerprint density at radius 1 is 1.24 bits per heavy atom. The topological polar surface area (TPSA) is 34.4 Å². The van der Waals surface area contributed by atoms with E-state index in [9.17, 15) is 0 Å². The van der Waals surface area contributed by atoms with Crippen molar-refractivity contribution in [1.82, 2.24) is 5.23 Å². The van der Waals surface area contributed by atoms with Crippen molar-refractivity contribution in [2.24, 2.45) is 0 Å². The van der Waals surface area contributed by atoms with E-state index >= 15 is 0 Å². The Morgan fingerprint density at radius 3 is 2.59 bits per heavy atom. The van der Waals surface area contributed by atoms with E-state index in [0.29, 0.717) is 5.95 Å². The number of rotatable bonds is 4. The van der Waals surface area contributed by atoms with Gasteiger partial charge < -0.3 is 14.4 Å². The van der Waals surface area contributed by atoms with E-state index in [2.05, 4.69) is 5.23 Å². The van der Waals surface area contributed by atoms with Crippen molar-refractivity contribution >= 4 is 7.98 Å². The Morgan fingerprint density at radius 2 is 2.00 bits per heavy atom. The highest BCUT2D eigenvalue weighted by molar-refractivity contribution is 6.04. The van der Waals surface area contributed by atoms with Gasteiger partial charge in [-0.3, -0.25) is 0 Å². The first-order valence-corrected chi connectivity index (χ1v) is 5.41. The maximum Gasteiger partial charge on any atom is 0.284 e. The van der Waals surface area contributed by atoms with Gasteiger partial charge in [0.05, 0.1) is 13.2 Å². The molecule has 0 amide bonds. The average Bonchev–Trinajstić information content (AvgIpc) is 2.81. The van der Waals surface area contributed by atoms with Crippen LogP contribution in [0.25, 0.3) is 0 Å². The molecule has 0 aliphatic rings. The minimum Gasteiger partial charge on any atom is -0.468 e. The fraction of sp³-hybridized carbons (Fsp3) is 0.231. The second-order valence-corrected chi connectivity index (χ2v) is 3.82. The number of furan rings is 1. The lowest BCUT2D eigenvalue weighted by Crippen LogP contribution is -2.19. The maximum atomic E-state index is 5.61. The summed E-state index contributed by atoms with van der Waals surface area (Å²) in [4.78, 5) is 0. The SMILES string of the molecule is [B]NC(c1ccc(OC)o1)c1ccccc1C. The molecule has 1 N–H and O–H groups in total. The summed E-state index contributed by atoms with van der Waals surface area (Å²) in [6.45, 7) is 2.04. The van der Waals surface area contributed by atoms with Gasteiger partial charge in [0.2, 0.25) is 0 Å². The minimum absolute atomic E-state index is 0.167. The molecule has 0 aliphatic heterocycles. The smallest absolute Gasteiger partial charge is 0.284 e. The molecule has 86 valence electrons. The molecule has 0 bridgehead atoms. The van der Waals surface area contributed by atoms with Crippen molar-refractivity contribution in [3.8, 4) is 5.95 Å². The number of methoxy groups -OCH3 is 1. The number of hydrogen-bond donors (Lipinski definition) is 1. The molecule has 0 spiro atoms. The Balaban J connectivity index is 2.36. The van der Waals surface area contributed by atoms with E-state index < -0.39 is 0 Å². The van der Waals surface area contributed by atoms with Crippen LogP contribution in [0, 0.1) is 6.92 Å². The lowest BCUT2D eigenvalue weighted by atomic mass is 9.98. The largest absolute Gasteiger partial charge is 0.468 e. The summed E-state index contributed by atoms with van der Waals surface area (Å²) < 4.78 is 10.6. The Labute approximate surface area is 102 Å². The van der Waals surface area contributed by atoms with Gasteiger partial charge >= 0.3 is 0 Å². The summed E-state index contributed by atoms with van der Waals surface area (Å²) >= 11 is 0. The lowest BCUT2D eigenvalue weighted by molar-refractivity contribution is 0.290. The number of nitrogens with one attached hydrogen (secondary N) is 1. The number of hydrogen-bond acceptors (Lipinski definition) is 3. The fourth-order valence-corrected chi connectivity index (χ4v) is 1.84. The fourth-order valence-electron chi connectivity index (χ4n) is 1.84. The zero-order chi connectivity index (χ0) is 12.3. The summed E-state index contributed by atoms with van der Waals surface area (Å²) in [5.41, 5.74) is 2.25. The van der Waals surface area contributed by atoms with Gasteiger partial charge in [-0.2, -0.15) is 0 Å². The molecule has 1 atom stereocenters. The van der Waals surface area contributed by atoms with Crippen LogP contribution in [0.4, 0.5) is 0 Å². The molecule has 1 aromatic carbocycles. The molecule has 3 nitrogen and oxygen atoms in total. The molecule has 17 heavy (non-hydrogen) atoms. The summed E-state index contributed by atoms with van der Waals surface area (Å²) in [5, 5.41) is 2.76. The van der Waals surface area contributed by atoms with Crippen LogP contribution in [0.15, 0.2) is 40.8 Å². The predicted octanol–water partition coefficient (Wildman–Crippen LogP) is 2.36. The standard InChI is InChI=1S/C13H14BNO2/c1-9-5-3-4-6-10(9)13(15-14)11-7-8-12(16-2)17-11/h3-8,13,15H,1-2H3. The van der Waals surface area contributed by atoms with Crippen molar-refractivity contribution in [2.45, 2.75) is 13.0 Å². The minimum atomic E-state index is -0.167. The van der Waals surface area contributed by atoms with Crippen LogP contribution in [0.3, 0.4) is 0 Å². The van der Waals surface area contributed by atoms with E-state index in [-0.39, 0.29) is 6.04 Å². The van der Waals surface area contributed by atoms with Crippen LogP contribution in [-0.4, -0.2) is 15.1 Å². The maximum absolute atomic E-state index is 5.61. The highest BCUT2D eigenvalue weighted by Gasteiger charge is 2.17. The monoisotopic (exact) mass is 227 g/mol. The number of benzene rings is 1. The van der Waals surface area contributed by atoms with Crippen molar-refractivity contribution in [2.75, 3.05) is 7.11 Å². The Hall–Kier alpha value is -1.68. The highest BCUT2D eigenvalue weighted by atomic mass is 16.6. The molecule has 0 saturated heterocycles. The van der Waals surface area contributed by atoms with Gasteiger partial charge in [-0.15, -0.1) is 0 Å². The molecule has 0 fully saturated rings. The first-order chi connectivity index (χ1) is 8.26. The molecule has 0 aliphatic carbocycles. The zero-order valence-corrected chi connectivity index (χ0v) is 9.94. The number of aryl methyl sites for hydroxylation is 1. The van der Waals surface area contributed by atoms with E-state index in [1.54, 1.807) is 13.2 Å². The molecule has 1 aromatic heterocycles. The van der Waals surface area contributed by atoms with Gasteiger partial charge in [-0.25, -0.2) is 0 Å². The summed E-state index contributed by atoms with van der Waals surface area (Å²) in [6.07, 6.45) is 0. The van der Waals surface area contributed by atoms with Crippen LogP contribution in [-0.2, 0) is 0 Å². The second kappa shape index (κ2) is 5.10. The second-order valence-electron chi connectivity index (χ2n) is 3.82. The normalized spacial score (nSPS) is 12.4.